The average molecular weight is 430 g/mol. The van der Waals surface area contributed by atoms with Crippen molar-refractivity contribution in [2.24, 2.45) is 0 Å². The average Bonchev–Trinajstić information content (AvgIpc) is 3.53. The summed E-state index contributed by atoms with van der Waals surface area (Å²) in [7, 11) is 0. The minimum atomic E-state index is 0.0233. The maximum atomic E-state index is 12.6. The van der Waals surface area contributed by atoms with Gasteiger partial charge in [-0.15, -0.1) is 5.10 Å². The van der Waals surface area contributed by atoms with E-state index >= 15 is 0 Å². The zero-order valence-electron chi connectivity index (χ0n) is 18.8. The van der Waals surface area contributed by atoms with Crippen molar-refractivity contribution in [1.82, 2.24) is 24.8 Å². The second-order valence-corrected chi connectivity index (χ2v) is 9.13. The summed E-state index contributed by atoms with van der Waals surface area (Å²) in [6, 6.07) is 17.7. The zero-order valence-corrected chi connectivity index (χ0v) is 18.8. The van der Waals surface area contributed by atoms with Crippen molar-refractivity contribution in [3.8, 4) is 11.1 Å². The molecule has 2 aliphatic rings. The predicted octanol–water partition coefficient (Wildman–Crippen LogP) is 4.33. The topological polar surface area (TPSA) is 54.3 Å². The highest BCUT2D eigenvalue weighted by Gasteiger charge is 2.26. The maximum absolute atomic E-state index is 12.6. The monoisotopic (exact) mass is 429 g/mol. The highest BCUT2D eigenvalue weighted by molar-refractivity contribution is 5.92. The van der Waals surface area contributed by atoms with Crippen LogP contribution < -0.4 is 0 Å². The molecule has 0 unspecified atom stereocenters. The van der Waals surface area contributed by atoms with Gasteiger partial charge in [0.05, 0.1) is 12.2 Å². The van der Waals surface area contributed by atoms with E-state index < -0.39 is 0 Å². The molecule has 1 aromatic heterocycles. The van der Waals surface area contributed by atoms with Gasteiger partial charge in [0, 0.05) is 26.2 Å². The predicted molar refractivity (Wildman–Crippen MR) is 125 cm³/mol. The summed E-state index contributed by atoms with van der Waals surface area (Å²) in [5, 5.41) is 8.51. The van der Waals surface area contributed by atoms with Crippen LogP contribution in [0, 0.1) is 6.92 Å². The third-order valence-corrected chi connectivity index (χ3v) is 6.79. The number of rotatable bonds is 5. The molecule has 0 N–H and O–H groups in total. The van der Waals surface area contributed by atoms with Crippen LogP contribution in [0.5, 0.6) is 0 Å². The van der Waals surface area contributed by atoms with E-state index in [-0.39, 0.29) is 11.9 Å². The van der Waals surface area contributed by atoms with Crippen LogP contribution in [0.15, 0.2) is 54.7 Å². The first-order valence-corrected chi connectivity index (χ1v) is 11.8. The summed E-state index contributed by atoms with van der Waals surface area (Å²) >= 11 is 0. The van der Waals surface area contributed by atoms with Gasteiger partial charge in [-0.05, 0) is 61.4 Å². The third kappa shape index (κ3) is 4.46. The van der Waals surface area contributed by atoms with Gasteiger partial charge in [-0.2, -0.15) is 0 Å². The lowest BCUT2D eigenvalue weighted by Crippen LogP contribution is -2.36. The number of hydrogen-bond donors (Lipinski definition) is 0. The summed E-state index contributed by atoms with van der Waals surface area (Å²) < 4.78 is 1.91. The van der Waals surface area contributed by atoms with Gasteiger partial charge in [0.25, 0.3) is 5.91 Å². The van der Waals surface area contributed by atoms with E-state index in [2.05, 4.69) is 70.7 Å². The van der Waals surface area contributed by atoms with Gasteiger partial charge in [0.15, 0.2) is 5.69 Å². The first-order chi connectivity index (χ1) is 15.7. The Hall–Kier alpha value is -2.99. The lowest BCUT2D eigenvalue weighted by atomic mass is 9.99. The molecule has 1 atom stereocenters. The number of piperidine rings is 1. The Balaban J connectivity index is 1.22. The van der Waals surface area contributed by atoms with E-state index in [4.69, 9.17) is 0 Å². The van der Waals surface area contributed by atoms with Crippen molar-refractivity contribution >= 4 is 5.91 Å². The molecule has 2 saturated heterocycles. The number of hydrogen-bond acceptors (Lipinski definition) is 4. The van der Waals surface area contributed by atoms with E-state index in [1.807, 2.05) is 15.8 Å². The number of benzene rings is 2. The Labute approximate surface area is 189 Å². The lowest BCUT2D eigenvalue weighted by molar-refractivity contribution is 0.0787. The molecule has 5 rings (SSSR count). The molecule has 0 bridgehead atoms. The normalized spacial score (nSPS) is 19.4. The summed E-state index contributed by atoms with van der Waals surface area (Å²) in [6.45, 7) is 6.78. The number of carbonyl (C=O) groups excluding carboxylic acids is 1. The van der Waals surface area contributed by atoms with Gasteiger partial charge in [-0.25, -0.2) is 4.68 Å². The smallest absolute Gasteiger partial charge is 0.276 e. The zero-order chi connectivity index (χ0) is 21.9. The molecule has 32 heavy (non-hydrogen) atoms. The second kappa shape index (κ2) is 9.25. The maximum Gasteiger partial charge on any atom is 0.276 e. The Bertz CT molecular complexity index is 1070. The lowest BCUT2D eigenvalue weighted by Gasteiger charge is -2.32. The van der Waals surface area contributed by atoms with Crippen LogP contribution in [0.3, 0.4) is 0 Å². The fourth-order valence-corrected chi connectivity index (χ4v) is 4.97. The van der Waals surface area contributed by atoms with Crippen LogP contribution in [-0.4, -0.2) is 56.9 Å². The SMILES string of the molecule is Cc1ccccc1-c1ccc(CN2CCC[C@@H](n3cc(C(=O)N4CCCC4)nn3)C2)cc1. The van der Waals surface area contributed by atoms with Gasteiger partial charge in [-0.3, -0.25) is 9.69 Å². The van der Waals surface area contributed by atoms with Crippen molar-refractivity contribution in [1.29, 1.82) is 0 Å². The number of amides is 1. The Kier molecular flexibility index (Phi) is 6.04. The number of nitrogens with zero attached hydrogens (tertiary/aromatic N) is 5. The van der Waals surface area contributed by atoms with Crippen molar-refractivity contribution < 1.29 is 4.79 Å². The van der Waals surface area contributed by atoms with E-state index in [0.717, 1.165) is 58.4 Å². The van der Waals surface area contributed by atoms with E-state index in [9.17, 15) is 4.79 Å². The molecule has 2 aliphatic heterocycles. The Morgan fingerprint density at radius 2 is 1.78 bits per heavy atom. The number of aromatic nitrogens is 3. The van der Waals surface area contributed by atoms with Gasteiger partial charge in [0.2, 0.25) is 0 Å². The van der Waals surface area contributed by atoms with Crippen LogP contribution in [0.2, 0.25) is 0 Å². The fourth-order valence-electron chi connectivity index (χ4n) is 4.97. The summed E-state index contributed by atoms with van der Waals surface area (Å²) in [5.74, 6) is 0.0233. The van der Waals surface area contributed by atoms with E-state index in [1.165, 1.54) is 22.3 Å². The molecular weight excluding hydrogens is 398 g/mol. The molecule has 166 valence electrons. The minimum absolute atomic E-state index is 0.0233. The molecule has 0 radical (unpaired) electrons. The van der Waals surface area contributed by atoms with Crippen molar-refractivity contribution in [3.05, 3.63) is 71.5 Å². The number of likely N-dealkylation sites (tertiary alicyclic amines) is 2. The molecule has 1 amide bonds. The second-order valence-electron chi connectivity index (χ2n) is 9.13. The summed E-state index contributed by atoms with van der Waals surface area (Å²) in [6.07, 6.45) is 6.23. The molecular formula is C26H31N5O. The standard InChI is InChI=1S/C26H31N5O/c1-20-7-2-3-9-24(20)22-12-10-21(11-13-22)17-29-14-6-8-23(18-29)31-19-25(27-28-31)26(32)30-15-4-5-16-30/h2-3,7,9-13,19,23H,4-6,8,14-18H2,1H3/t23-/m1/s1. The summed E-state index contributed by atoms with van der Waals surface area (Å²) in [5.41, 5.74) is 5.67. The minimum Gasteiger partial charge on any atom is -0.337 e. The summed E-state index contributed by atoms with van der Waals surface area (Å²) in [4.78, 5) is 17.0. The molecule has 2 aromatic carbocycles. The molecule has 3 heterocycles. The van der Waals surface area contributed by atoms with Gasteiger partial charge >= 0.3 is 0 Å². The van der Waals surface area contributed by atoms with Crippen LogP contribution in [0.25, 0.3) is 11.1 Å². The molecule has 0 saturated carbocycles. The van der Waals surface area contributed by atoms with Crippen molar-refractivity contribution in [2.45, 2.75) is 45.2 Å². The molecule has 3 aromatic rings. The molecule has 2 fully saturated rings. The van der Waals surface area contributed by atoms with Crippen LogP contribution in [-0.2, 0) is 6.54 Å². The highest BCUT2D eigenvalue weighted by atomic mass is 16.2. The largest absolute Gasteiger partial charge is 0.337 e. The number of aryl methyl sites for hydroxylation is 1. The third-order valence-electron chi connectivity index (χ3n) is 6.79. The fraction of sp³-hybridized carbons (Fsp3) is 0.423. The van der Waals surface area contributed by atoms with Crippen LogP contribution in [0.1, 0.15) is 53.3 Å². The van der Waals surface area contributed by atoms with Crippen LogP contribution in [0.4, 0.5) is 0 Å². The molecule has 0 spiro atoms. The first kappa shape index (κ1) is 20.9. The molecule has 6 nitrogen and oxygen atoms in total. The van der Waals surface area contributed by atoms with Crippen LogP contribution >= 0.6 is 0 Å². The van der Waals surface area contributed by atoms with Gasteiger partial charge in [-0.1, -0.05) is 53.7 Å². The van der Waals surface area contributed by atoms with Gasteiger partial charge in [0.1, 0.15) is 0 Å². The van der Waals surface area contributed by atoms with Crippen molar-refractivity contribution in [2.75, 3.05) is 26.2 Å². The van der Waals surface area contributed by atoms with Crippen molar-refractivity contribution in [3.63, 3.8) is 0 Å². The van der Waals surface area contributed by atoms with Gasteiger partial charge < -0.3 is 4.90 Å². The highest BCUT2D eigenvalue weighted by Crippen LogP contribution is 2.26. The van der Waals surface area contributed by atoms with E-state index in [0.29, 0.717) is 5.69 Å². The Morgan fingerprint density at radius 3 is 2.56 bits per heavy atom. The molecule has 6 heteroatoms. The number of carbonyl (C=O) groups is 1. The molecule has 0 aliphatic carbocycles. The Morgan fingerprint density at radius 1 is 1.00 bits per heavy atom. The quantitative estimate of drug-likeness (QED) is 0.606. The first-order valence-electron chi connectivity index (χ1n) is 11.8. The van der Waals surface area contributed by atoms with E-state index in [1.54, 1.807) is 0 Å².